The van der Waals surface area contributed by atoms with E-state index in [0.29, 0.717) is 17.9 Å². The Kier molecular flexibility index (Phi) is 5.10. The number of rotatable bonds is 4. The van der Waals surface area contributed by atoms with Crippen molar-refractivity contribution in [1.29, 1.82) is 0 Å². The normalized spacial score (nSPS) is 24.9. The first-order chi connectivity index (χ1) is 7.69. The zero-order valence-electron chi connectivity index (χ0n) is 8.93. The van der Waals surface area contributed by atoms with Crippen LogP contribution in [0, 0.1) is 4.91 Å². The molecule has 0 aromatic rings. The molecule has 1 aliphatic rings. The standard InChI is InChI=1S/C9H16FN3O3/c10-5-6-13(12-16)9(15)11-7-3-1-2-4-8(7)14/h7-8,14H,1-6H2,(H,11,15)/t7-,8+/m1/s1. The van der Waals surface area contributed by atoms with Crippen LogP contribution in [0.2, 0.25) is 0 Å². The maximum Gasteiger partial charge on any atom is 0.340 e. The molecule has 1 rings (SSSR count). The van der Waals surface area contributed by atoms with E-state index in [0.717, 1.165) is 12.8 Å². The lowest BCUT2D eigenvalue weighted by Gasteiger charge is -2.29. The molecular formula is C9H16FN3O3. The monoisotopic (exact) mass is 233 g/mol. The summed E-state index contributed by atoms with van der Waals surface area (Å²) in [5, 5.41) is 15.0. The molecule has 0 heterocycles. The minimum absolute atomic E-state index is 0.363. The lowest BCUT2D eigenvalue weighted by molar-refractivity contribution is 0.0896. The van der Waals surface area contributed by atoms with Gasteiger partial charge < -0.3 is 10.4 Å². The molecule has 92 valence electrons. The number of amides is 2. The van der Waals surface area contributed by atoms with Crippen molar-refractivity contribution in [2.24, 2.45) is 5.29 Å². The first-order valence-corrected chi connectivity index (χ1v) is 5.34. The number of nitrogens with zero attached hydrogens (tertiary/aromatic N) is 2. The van der Waals surface area contributed by atoms with Gasteiger partial charge in [-0.2, -0.15) is 5.01 Å². The largest absolute Gasteiger partial charge is 0.391 e. The van der Waals surface area contributed by atoms with Crippen LogP contribution < -0.4 is 5.32 Å². The van der Waals surface area contributed by atoms with Gasteiger partial charge in [-0.15, -0.1) is 4.91 Å². The maximum atomic E-state index is 12.0. The van der Waals surface area contributed by atoms with Crippen LogP contribution in [-0.4, -0.2) is 41.5 Å². The predicted octanol–water partition coefficient (Wildman–Crippen LogP) is 0.952. The molecule has 16 heavy (non-hydrogen) atoms. The Labute approximate surface area is 92.7 Å². The molecule has 0 aliphatic heterocycles. The summed E-state index contributed by atoms with van der Waals surface area (Å²) in [6, 6.07) is -1.12. The van der Waals surface area contributed by atoms with Crippen molar-refractivity contribution in [3.05, 3.63) is 4.91 Å². The van der Waals surface area contributed by atoms with Crippen molar-refractivity contribution in [1.82, 2.24) is 10.3 Å². The van der Waals surface area contributed by atoms with Gasteiger partial charge in [-0.3, -0.25) is 0 Å². The highest BCUT2D eigenvalue weighted by atomic mass is 19.1. The van der Waals surface area contributed by atoms with Gasteiger partial charge in [0.2, 0.25) is 0 Å². The molecule has 7 heteroatoms. The summed E-state index contributed by atoms with van der Waals surface area (Å²) in [6.07, 6.45) is 2.53. The fourth-order valence-corrected chi connectivity index (χ4v) is 1.77. The number of aliphatic hydroxyl groups is 1. The average Bonchev–Trinajstić information content (AvgIpc) is 2.29. The van der Waals surface area contributed by atoms with E-state index in [2.05, 4.69) is 10.6 Å². The molecule has 1 fully saturated rings. The summed E-state index contributed by atoms with van der Waals surface area (Å²) in [7, 11) is 0. The van der Waals surface area contributed by atoms with E-state index in [9.17, 15) is 19.2 Å². The van der Waals surface area contributed by atoms with Crippen LogP contribution in [0.25, 0.3) is 0 Å². The molecule has 2 atom stereocenters. The van der Waals surface area contributed by atoms with Gasteiger partial charge >= 0.3 is 6.03 Å². The molecular weight excluding hydrogens is 217 g/mol. The zero-order chi connectivity index (χ0) is 12.0. The average molecular weight is 233 g/mol. The topological polar surface area (TPSA) is 82.0 Å². The molecule has 0 aromatic carbocycles. The molecule has 0 bridgehead atoms. The van der Waals surface area contributed by atoms with Gasteiger partial charge in [0, 0.05) is 0 Å². The third-order valence-corrected chi connectivity index (χ3v) is 2.67. The van der Waals surface area contributed by atoms with Crippen LogP contribution in [0.4, 0.5) is 9.18 Å². The second kappa shape index (κ2) is 6.37. The van der Waals surface area contributed by atoms with E-state index in [1.165, 1.54) is 0 Å². The van der Waals surface area contributed by atoms with E-state index in [1.54, 1.807) is 0 Å². The van der Waals surface area contributed by atoms with Crippen molar-refractivity contribution in [2.45, 2.75) is 37.8 Å². The van der Waals surface area contributed by atoms with Crippen LogP contribution in [0.5, 0.6) is 0 Å². The quantitative estimate of drug-likeness (QED) is 0.560. The van der Waals surface area contributed by atoms with E-state index in [4.69, 9.17) is 0 Å². The van der Waals surface area contributed by atoms with E-state index < -0.39 is 18.8 Å². The third kappa shape index (κ3) is 3.41. The van der Waals surface area contributed by atoms with Crippen LogP contribution in [0.1, 0.15) is 25.7 Å². The van der Waals surface area contributed by atoms with Crippen molar-refractivity contribution < 1.29 is 14.3 Å². The van der Waals surface area contributed by atoms with Crippen molar-refractivity contribution in [3.63, 3.8) is 0 Å². The molecule has 1 saturated carbocycles. The van der Waals surface area contributed by atoms with Gasteiger partial charge in [0.05, 0.1) is 24.0 Å². The molecule has 1 aliphatic carbocycles. The maximum absolute atomic E-state index is 12.0. The second-order valence-electron chi connectivity index (χ2n) is 3.80. The Bertz CT molecular complexity index is 252. The highest BCUT2D eigenvalue weighted by molar-refractivity contribution is 5.74. The van der Waals surface area contributed by atoms with Crippen molar-refractivity contribution in [3.8, 4) is 0 Å². The van der Waals surface area contributed by atoms with Gasteiger partial charge in [0.1, 0.15) is 6.67 Å². The Hall–Kier alpha value is -1.24. The molecule has 0 saturated heterocycles. The SMILES string of the molecule is O=NN(CCF)C(=O)N[C@@H]1CCCC[C@@H]1O. The Morgan fingerprint density at radius 3 is 2.75 bits per heavy atom. The Morgan fingerprint density at radius 1 is 1.50 bits per heavy atom. The Balaban J connectivity index is 2.44. The highest BCUT2D eigenvalue weighted by Crippen LogP contribution is 2.18. The Morgan fingerprint density at radius 2 is 2.19 bits per heavy atom. The zero-order valence-corrected chi connectivity index (χ0v) is 8.93. The molecule has 0 spiro atoms. The van der Waals surface area contributed by atoms with Gasteiger partial charge in [-0.1, -0.05) is 12.8 Å². The number of alkyl halides is 1. The van der Waals surface area contributed by atoms with Gasteiger partial charge in [0.15, 0.2) is 0 Å². The number of nitrogens with one attached hydrogen (secondary N) is 1. The first kappa shape index (κ1) is 12.8. The number of hydrogen-bond donors (Lipinski definition) is 2. The van der Waals surface area contributed by atoms with Crippen LogP contribution >= 0.6 is 0 Å². The lowest BCUT2D eigenvalue weighted by atomic mass is 9.93. The predicted molar refractivity (Wildman–Crippen MR) is 55.3 cm³/mol. The van der Waals surface area contributed by atoms with Gasteiger partial charge in [-0.05, 0) is 12.8 Å². The van der Waals surface area contributed by atoms with Crippen LogP contribution in [-0.2, 0) is 0 Å². The van der Waals surface area contributed by atoms with E-state index >= 15 is 0 Å². The fourth-order valence-electron chi connectivity index (χ4n) is 1.77. The smallest absolute Gasteiger partial charge is 0.340 e. The molecule has 0 aromatic heterocycles. The molecule has 2 N–H and O–H groups in total. The number of nitroso groups, excluding NO2 is 1. The van der Waals surface area contributed by atoms with E-state index in [-0.39, 0.29) is 12.6 Å². The summed E-state index contributed by atoms with van der Waals surface area (Å²) >= 11 is 0. The molecule has 0 radical (unpaired) electrons. The number of urea groups is 1. The van der Waals surface area contributed by atoms with E-state index in [1.807, 2.05) is 0 Å². The second-order valence-corrected chi connectivity index (χ2v) is 3.80. The minimum atomic E-state index is -0.827. The number of carbonyl (C=O) groups excluding carboxylic acids is 1. The molecule has 6 nitrogen and oxygen atoms in total. The first-order valence-electron chi connectivity index (χ1n) is 5.34. The van der Waals surface area contributed by atoms with Crippen LogP contribution in [0.15, 0.2) is 5.29 Å². The molecule has 0 unspecified atom stereocenters. The summed E-state index contributed by atoms with van der Waals surface area (Å²) in [4.78, 5) is 21.7. The number of carbonyl (C=O) groups is 1. The summed E-state index contributed by atoms with van der Waals surface area (Å²) in [6.45, 7) is -1.19. The molecule has 2 amide bonds. The van der Waals surface area contributed by atoms with Crippen molar-refractivity contribution >= 4 is 6.03 Å². The van der Waals surface area contributed by atoms with Gasteiger partial charge in [-0.25, -0.2) is 9.18 Å². The number of halogens is 1. The number of hydrogen-bond acceptors (Lipinski definition) is 4. The summed E-state index contributed by atoms with van der Waals surface area (Å²) < 4.78 is 12.0. The summed E-state index contributed by atoms with van der Waals surface area (Å²) in [5.74, 6) is 0. The summed E-state index contributed by atoms with van der Waals surface area (Å²) in [5.41, 5.74) is 0. The minimum Gasteiger partial charge on any atom is -0.391 e. The highest BCUT2D eigenvalue weighted by Gasteiger charge is 2.26. The fraction of sp³-hybridized carbons (Fsp3) is 0.889. The number of aliphatic hydroxyl groups excluding tert-OH is 1. The van der Waals surface area contributed by atoms with Crippen LogP contribution in [0.3, 0.4) is 0 Å². The van der Waals surface area contributed by atoms with Gasteiger partial charge in [0.25, 0.3) is 0 Å². The third-order valence-electron chi connectivity index (χ3n) is 2.67. The van der Waals surface area contributed by atoms with Crippen molar-refractivity contribution in [2.75, 3.05) is 13.2 Å². The lowest BCUT2D eigenvalue weighted by Crippen LogP contribution is -2.49.